The van der Waals surface area contributed by atoms with E-state index >= 15 is 0 Å². The van der Waals surface area contributed by atoms with Crippen LogP contribution in [0.3, 0.4) is 0 Å². The Morgan fingerprint density at radius 2 is 1.84 bits per heavy atom. The van der Waals surface area contributed by atoms with Gasteiger partial charge in [0.05, 0.1) is 5.56 Å². The van der Waals surface area contributed by atoms with Crippen LogP contribution in [0.5, 0.6) is 0 Å². The second-order valence-corrected chi connectivity index (χ2v) is 4.64. The topological polar surface area (TPSA) is 20.3 Å². The zero-order valence-corrected chi connectivity index (χ0v) is 10.1. The van der Waals surface area contributed by atoms with Crippen LogP contribution < -0.4 is 0 Å². The van der Waals surface area contributed by atoms with Gasteiger partial charge in [-0.2, -0.15) is 13.2 Å². The van der Waals surface area contributed by atoms with Gasteiger partial charge in [-0.1, -0.05) is 6.07 Å². The van der Waals surface area contributed by atoms with Crippen LogP contribution in [0.4, 0.5) is 17.6 Å². The molecule has 2 nitrogen and oxygen atoms in total. The van der Waals surface area contributed by atoms with Crippen LogP contribution in [0.15, 0.2) is 18.2 Å². The van der Waals surface area contributed by atoms with Crippen molar-refractivity contribution < 1.29 is 22.4 Å². The van der Waals surface area contributed by atoms with E-state index in [9.17, 15) is 22.4 Å². The molecule has 1 aliphatic rings. The number of hydrogen-bond acceptors (Lipinski definition) is 1. The monoisotopic (exact) mass is 275 g/mol. The van der Waals surface area contributed by atoms with Crippen molar-refractivity contribution in [1.82, 2.24) is 4.90 Å². The van der Waals surface area contributed by atoms with Crippen LogP contribution in [0, 0.1) is 5.82 Å². The van der Waals surface area contributed by atoms with E-state index in [0.717, 1.165) is 6.07 Å². The molecule has 0 radical (unpaired) electrons. The van der Waals surface area contributed by atoms with Gasteiger partial charge in [-0.15, -0.1) is 0 Å². The molecule has 1 aromatic carbocycles. The van der Waals surface area contributed by atoms with Crippen molar-refractivity contribution in [1.29, 1.82) is 0 Å². The molecule has 0 unspecified atom stereocenters. The quantitative estimate of drug-likeness (QED) is 0.599. The molecule has 1 aliphatic heterocycles. The van der Waals surface area contributed by atoms with Crippen LogP contribution in [0.2, 0.25) is 0 Å². The summed E-state index contributed by atoms with van der Waals surface area (Å²) < 4.78 is 51.7. The fourth-order valence-electron chi connectivity index (χ4n) is 2.45. The smallest absolute Gasteiger partial charge is 0.345 e. The summed E-state index contributed by atoms with van der Waals surface area (Å²) in [7, 11) is 0. The van der Waals surface area contributed by atoms with Crippen molar-refractivity contribution in [3.63, 3.8) is 0 Å². The van der Waals surface area contributed by atoms with Gasteiger partial charge in [0.15, 0.2) is 0 Å². The largest absolute Gasteiger partial charge is 0.416 e. The van der Waals surface area contributed by atoms with Crippen molar-refractivity contribution in [2.24, 2.45) is 0 Å². The zero-order valence-electron chi connectivity index (χ0n) is 10.1. The van der Waals surface area contributed by atoms with Gasteiger partial charge in [-0.3, -0.25) is 4.79 Å². The number of piperidine rings is 1. The van der Waals surface area contributed by atoms with Gasteiger partial charge in [0, 0.05) is 13.1 Å². The van der Waals surface area contributed by atoms with E-state index in [4.69, 9.17) is 0 Å². The lowest BCUT2D eigenvalue weighted by Crippen LogP contribution is -2.32. The number of benzene rings is 1. The Balaban J connectivity index is 2.28. The van der Waals surface area contributed by atoms with E-state index < -0.39 is 17.6 Å². The Bertz CT molecular complexity index is 464. The molecule has 1 aromatic rings. The summed E-state index contributed by atoms with van der Waals surface area (Å²) in [5.41, 5.74) is -0.781. The zero-order chi connectivity index (χ0) is 14.0. The number of halogens is 4. The van der Waals surface area contributed by atoms with Crippen LogP contribution in [0.1, 0.15) is 29.9 Å². The Hall–Kier alpha value is -1.59. The predicted molar refractivity (Wildman–Crippen MR) is 61.0 cm³/mol. The number of rotatable bonds is 2. The van der Waals surface area contributed by atoms with Crippen LogP contribution in [-0.2, 0) is 11.0 Å². The molecule has 0 aromatic heterocycles. The predicted octanol–water partition coefficient (Wildman–Crippen LogP) is 3.18. The van der Waals surface area contributed by atoms with E-state index in [1.54, 1.807) is 0 Å². The van der Waals surface area contributed by atoms with Gasteiger partial charge in [-0.05, 0) is 36.5 Å². The molecule has 19 heavy (non-hydrogen) atoms. The first-order valence-corrected chi connectivity index (χ1v) is 5.98. The Labute approximate surface area is 108 Å². The minimum atomic E-state index is -4.56. The molecule has 0 spiro atoms. The maximum absolute atomic E-state index is 13.0. The van der Waals surface area contributed by atoms with Gasteiger partial charge >= 0.3 is 6.18 Å². The summed E-state index contributed by atoms with van der Waals surface area (Å²) >= 11 is 0. The molecule has 1 amide bonds. The van der Waals surface area contributed by atoms with E-state index in [-0.39, 0.29) is 11.5 Å². The SMILES string of the molecule is O=CN1CCC(c2ccc(F)cc2C(F)(F)F)CC1. The number of hydrogen-bond donors (Lipinski definition) is 0. The molecule has 1 saturated heterocycles. The second kappa shape index (κ2) is 5.19. The van der Waals surface area contributed by atoms with Gasteiger partial charge in [0.2, 0.25) is 6.41 Å². The van der Waals surface area contributed by atoms with Crippen molar-refractivity contribution in [2.75, 3.05) is 13.1 Å². The molecular weight excluding hydrogens is 262 g/mol. The van der Waals surface area contributed by atoms with Crippen molar-refractivity contribution in [3.05, 3.63) is 35.1 Å². The van der Waals surface area contributed by atoms with Crippen LogP contribution in [-0.4, -0.2) is 24.4 Å². The number of carbonyl (C=O) groups excluding carboxylic acids is 1. The highest BCUT2D eigenvalue weighted by Gasteiger charge is 2.36. The molecule has 2 rings (SSSR count). The summed E-state index contributed by atoms with van der Waals surface area (Å²) in [4.78, 5) is 12.1. The second-order valence-electron chi connectivity index (χ2n) is 4.64. The normalized spacial score (nSPS) is 17.6. The molecule has 0 atom stereocenters. The number of nitrogens with zero attached hydrogens (tertiary/aromatic N) is 1. The van der Waals surface area contributed by atoms with Crippen molar-refractivity contribution in [2.45, 2.75) is 24.9 Å². The standard InChI is InChI=1S/C13H13F4NO/c14-10-1-2-11(12(7-10)13(15,16)17)9-3-5-18(8-19)6-4-9/h1-2,7-9H,3-6H2. The van der Waals surface area contributed by atoms with Crippen LogP contribution in [0.25, 0.3) is 0 Å². The first-order valence-electron chi connectivity index (χ1n) is 5.98. The molecule has 1 heterocycles. The fraction of sp³-hybridized carbons (Fsp3) is 0.462. The number of likely N-dealkylation sites (tertiary alicyclic amines) is 1. The first-order chi connectivity index (χ1) is 8.91. The summed E-state index contributed by atoms with van der Waals surface area (Å²) in [6, 6.07) is 2.80. The van der Waals surface area contributed by atoms with Gasteiger partial charge < -0.3 is 4.90 Å². The van der Waals surface area contributed by atoms with Gasteiger partial charge in [0.25, 0.3) is 0 Å². The van der Waals surface area contributed by atoms with Crippen molar-refractivity contribution in [3.8, 4) is 0 Å². The van der Waals surface area contributed by atoms with E-state index in [0.29, 0.717) is 38.4 Å². The molecule has 104 valence electrons. The average Bonchev–Trinajstić information content (AvgIpc) is 2.38. The lowest BCUT2D eigenvalue weighted by molar-refractivity contribution is -0.138. The summed E-state index contributed by atoms with van der Waals surface area (Å²) in [6.45, 7) is 0.867. The molecule has 0 N–H and O–H groups in total. The molecule has 0 aliphatic carbocycles. The molecule has 6 heteroatoms. The molecule has 0 saturated carbocycles. The third-order valence-corrected chi connectivity index (χ3v) is 3.44. The summed E-state index contributed by atoms with van der Waals surface area (Å²) in [5, 5.41) is 0. The maximum Gasteiger partial charge on any atom is 0.416 e. The summed E-state index contributed by atoms with van der Waals surface area (Å²) in [5.74, 6) is -1.17. The molecule has 1 fully saturated rings. The minimum Gasteiger partial charge on any atom is -0.345 e. The Kier molecular flexibility index (Phi) is 3.78. The van der Waals surface area contributed by atoms with Gasteiger partial charge in [-0.25, -0.2) is 4.39 Å². The Morgan fingerprint density at radius 3 is 2.37 bits per heavy atom. The number of alkyl halides is 3. The highest BCUT2D eigenvalue weighted by atomic mass is 19.4. The third-order valence-electron chi connectivity index (χ3n) is 3.44. The molecule has 0 bridgehead atoms. The lowest BCUT2D eigenvalue weighted by Gasteiger charge is -2.30. The molecular formula is C13H13F4NO. The lowest BCUT2D eigenvalue weighted by atomic mass is 9.86. The van der Waals surface area contributed by atoms with E-state index in [2.05, 4.69) is 0 Å². The fourth-order valence-corrected chi connectivity index (χ4v) is 2.45. The first kappa shape index (κ1) is 13.8. The maximum atomic E-state index is 13.0. The number of carbonyl (C=O) groups is 1. The highest BCUT2D eigenvalue weighted by Crippen LogP contribution is 2.38. The van der Waals surface area contributed by atoms with Crippen LogP contribution >= 0.6 is 0 Å². The highest BCUT2D eigenvalue weighted by molar-refractivity contribution is 5.47. The Morgan fingerprint density at radius 1 is 1.21 bits per heavy atom. The van der Waals surface area contributed by atoms with E-state index in [1.807, 2.05) is 0 Å². The summed E-state index contributed by atoms with van der Waals surface area (Å²) in [6.07, 6.45) is -2.92. The minimum absolute atomic E-state index is 0.124. The van der Waals surface area contributed by atoms with Crippen molar-refractivity contribution >= 4 is 6.41 Å². The number of amides is 1. The van der Waals surface area contributed by atoms with Gasteiger partial charge in [0.1, 0.15) is 5.82 Å². The third kappa shape index (κ3) is 3.05. The van der Waals surface area contributed by atoms with E-state index in [1.165, 1.54) is 11.0 Å². The average molecular weight is 275 g/mol.